The number of benzene rings is 2. The minimum absolute atomic E-state index is 0.198. The van der Waals surface area contributed by atoms with Gasteiger partial charge in [0.25, 0.3) is 5.91 Å². The summed E-state index contributed by atoms with van der Waals surface area (Å²) in [6.45, 7) is 8.23. The van der Waals surface area contributed by atoms with Crippen LogP contribution in [0.2, 0.25) is 5.02 Å². The zero-order chi connectivity index (χ0) is 23.3. The molecule has 1 aliphatic rings. The van der Waals surface area contributed by atoms with Gasteiger partial charge in [-0.1, -0.05) is 48.5 Å². The van der Waals surface area contributed by atoms with Crippen molar-refractivity contribution >= 4 is 46.2 Å². The fourth-order valence-electron chi connectivity index (χ4n) is 3.45. The first-order valence-electron chi connectivity index (χ1n) is 10.4. The smallest absolute Gasteiger partial charge is 0.272 e. The predicted molar refractivity (Wildman–Crippen MR) is 137 cm³/mol. The maximum Gasteiger partial charge on any atom is 0.272 e. The van der Waals surface area contributed by atoms with E-state index in [9.17, 15) is 4.79 Å². The van der Waals surface area contributed by atoms with Gasteiger partial charge in [-0.2, -0.15) is 0 Å². The second-order valence-electron chi connectivity index (χ2n) is 7.49. The van der Waals surface area contributed by atoms with Gasteiger partial charge in [0.15, 0.2) is 5.11 Å². The standard InChI is InChI=1S/C24H28ClN5OS/c1-5-30(6-2)15-14-28(3)24(32)27-22-23(31)29(4)20-13-12-18(25)16-19(20)21(26-22)17-10-8-7-9-11-17/h5,7-13,16,22H,1,6,14-15H2,2-4H3,(H,27,32). The van der Waals surface area contributed by atoms with Gasteiger partial charge in [-0.15, -0.1) is 0 Å². The Kier molecular flexibility index (Phi) is 7.88. The summed E-state index contributed by atoms with van der Waals surface area (Å²) in [4.78, 5) is 23.7. The van der Waals surface area contributed by atoms with Gasteiger partial charge in [0, 0.05) is 49.9 Å². The number of rotatable bonds is 7. The van der Waals surface area contributed by atoms with Crippen molar-refractivity contribution in [3.05, 3.63) is 77.5 Å². The van der Waals surface area contributed by atoms with Gasteiger partial charge >= 0.3 is 0 Å². The van der Waals surface area contributed by atoms with E-state index >= 15 is 0 Å². The molecule has 2 aromatic rings. The van der Waals surface area contributed by atoms with Gasteiger partial charge in [0.2, 0.25) is 6.17 Å². The Morgan fingerprint density at radius 3 is 2.66 bits per heavy atom. The van der Waals surface area contributed by atoms with Crippen molar-refractivity contribution in [1.82, 2.24) is 15.1 Å². The van der Waals surface area contributed by atoms with Crippen molar-refractivity contribution in [2.45, 2.75) is 13.1 Å². The molecular weight excluding hydrogens is 442 g/mol. The summed E-state index contributed by atoms with van der Waals surface area (Å²) in [5, 5.41) is 4.19. The van der Waals surface area contributed by atoms with Crippen LogP contribution in [0.15, 0.2) is 66.3 Å². The number of likely N-dealkylation sites (N-methyl/N-ethyl adjacent to an activating group) is 3. The molecule has 1 N–H and O–H groups in total. The van der Waals surface area contributed by atoms with Crippen LogP contribution in [0.3, 0.4) is 0 Å². The van der Waals surface area contributed by atoms with Crippen molar-refractivity contribution in [2.75, 3.05) is 38.6 Å². The lowest BCUT2D eigenvalue weighted by Crippen LogP contribution is -2.50. The Morgan fingerprint density at radius 1 is 1.28 bits per heavy atom. The van der Waals surface area contributed by atoms with E-state index in [-0.39, 0.29) is 5.91 Å². The number of fused-ring (bicyclic) bond motifs is 1. The Balaban J connectivity index is 1.92. The zero-order valence-corrected chi connectivity index (χ0v) is 20.2. The average molecular weight is 470 g/mol. The molecule has 0 saturated carbocycles. The molecule has 6 nitrogen and oxygen atoms in total. The lowest BCUT2D eigenvalue weighted by molar-refractivity contribution is -0.119. The van der Waals surface area contributed by atoms with Crippen molar-refractivity contribution in [1.29, 1.82) is 0 Å². The summed E-state index contributed by atoms with van der Waals surface area (Å²) in [5.41, 5.74) is 3.13. The number of anilines is 1. The third-order valence-corrected chi connectivity index (χ3v) is 6.10. The second kappa shape index (κ2) is 10.6. The summed E-state index contributed by atoms with van der Waals surface area (Å²) in [5.74, 6) is -0.198. The number of carbonyl (C=O) groups excluding carboxylic acids is 1. The van der Waals surface area contributed by atoms with Gasteiger partial charge in [-0.05, 0) is 43.5 Å². The second-order valence-corrected chi connectivity index (χ2v) is 8.31. The van der Waals surface area contributed by atoms with Crippen LogP contribution < -0.4 is 10.2 Å². The number of halogens is 1. The van der Waals surface area contributed by atoms with E-state index < -0.39 is 6.17 Å². The fourth-order valence-corrected chi connectivity index (χ4v) is 3.83. The third kappa shape index (κ3) is 5.29. The Labute approximate surface area is 200 Å². The largest absolute Gasteiger partial charge is 0.376 e. The van der Waals surface area contributed by atoms with Gasteiger partial charge in [-0.25, -0.2) is 4.99 Å². The SMILES string of the molecule is C=CN(CC)CCN(C)C(=S)NC1N=C(c2ccccc2)c2cc(Cl)ccc2N(C)C1=O. The molecule has 1 aliphatic heterocycles. The molecule has 168 valence electrons. The number of hydrogen-bond donors (Lipinski definition) is 1. The summed E-state index contributed by atoms with van der Waals surface area (Å²) in [6.07, 6.45) is 0.949. The number of carbonyl (C=O) groups is 1. The fraction of sp³-hybridized carbons (Fsp3) is 0.292. The van der Waals surface area contributed by atoms with Gasteiger partial charge in [0.1, 0.15) is 0 Å². The van der Waals surface area contributed by atoms with Crippen molar-refractivity contribution in [3.63, 3.8) is 0 Å². The molecule has 0 saturated heterocycles. The molecule has 0 bridgehead atoms. The van der Waals surface area contributed by atoms with Crippen LogP contribution in [0.1, 0.15) is 18.1 Å². The van der Waals surface area contributed by atoms with Crippen LogP contribution in [0.4, 0.5) is 5.69 Å². The van der Waals surface area contributed by atoms with Crippen LogP contribution in [0, 0.1) is 0 Å². The van der Waals surface area contributed by atoms with E-state index in [1.165, 1.54) is 0 Å². The van der Waals surface area contributed by atoms with Crippen LogP contribution in [-0.4, -0.2) is 66.4 Å². The normalized spacial score (nSPS) is 15.4. The number of nitrogens with one attached hydrogen (secondary N) is 1. The first-order chi connectivity index (χ1) is 15.3. The molecule has 0 spiro atoms. The summed E-state index contributed by atoms with van der Waals surface area (Å²) < 4.78 is 0. The van der Waals surface area contributed by atoms with E-state index in [1.807, 2.05) is 60.6 Å². The van der Waals surface area contributed by atoms with Crippen molar-refractivity contribution < 1.29 is 4.79 Å². The Hall–Kier alpha value is -2.90. The molecule has 3 rings (SSSR count). The predicted octanol–water partition coefficient (Wildman–Crippen LogP) is 3.75. The highest BCUT2D eigenvalue weighted by Crippen LogP contribution is 2.29. The third-order valence-electron chi connectivity index (χ3n) is 5.44. The quantitative estimate of drug-likeness (QED) is 0.626. The van der Waals surface area contributed by atoms with E-state index in [4.69, 9.17) is 28.8 Å². The first-order valence-corrected chi connectivity index (χ1v) is 11.2. The molecule has 32 heavy (non-hydrogen) atoms. The minimum atomic E-state index is -0.863. The Bertz CT molecular complexity index is 1030. The monoisotopic (exact) mass is 469 g/mol. The highest BCUT2D eigenvalue weighted by molar-refractivity contribution is 7.80. The van der Waals surface area contributed by atoms with E-state index in [0.717, 1.165) is 29.9 Å². The number of benzodiazepines with no additional fused rings is 1. The van der Waals surface area contributed by atoms with E-state index in [1.54, 1.807) is 18.0 Å². The molecule has 8 heteroatoms. The number of amides is 1. The first kappa shape index (κ1) is 23.8. The van der Waals surface area contributed by atoms with Crippen LogP contribution in [0.25, 0.3) is 0 Å². The van der Waals surface area contributed by atoms with E-state index in [2.05, 4.69) is 23.7 Å². The summed E-state index contributed by atoms with van der Waals surface area (Å²) in [6, 6.07) is 15.2. The summed E-state index contributed by atoms with van der Waals surface area (Å²) in [7, 11) is 3.64. The number of thiocarbonyl (C=S) groups is 1. The molecule has 1 heterocycles. The molecule has 1 amide bonds. The van der Waals surface area contributed by atoms with Gasteiger partial charge in [0.05, 0.1) is 11.4 Å². The van der Waals surface area contributed by atoms with Crippen LogP contribution in [-0.2, 0) is 4.79 Å². The van der Waals surface area contributed by atoms with Crippen LogP contribution >= 0.6 is 23.8 Å². The van der Waals surface area contributed by atoms with Crippen molar-refractivity contribution in [3.8, 4) is 0 Å². The van der Waals surface area contributed by atoms with E-state index in [0.29, 0.717) is 22.4 Å². The maximum atomic E-state index is 13.3. The lowest BCUT2D eigenvalue weighted by Gasteiger charge is -2.27. The van der Waals surface area contributed by atoms with Gasteiger partial charge in [-0.3, -0.25) is 4.79 Å². The van der Waals surface area contributed by atoms with Crippen LogP contribution in [0.5, 0.6) is 0 Å². The molecule has 1 unspecified atom stereocenters. The molecule has 0 aromatic heterocycles. The van der Waals surface area contributed by atoms with Crippen molar-refractivity contribution in [2.24, 2.45) is 4.99 Å². The molecule has 2 aromatic carbocycles. The molecular formula is C24H28ClN5OS. The highest BCUT2D eigenvalue weighted by Gasteiger charge is 2.31. The topological polar surface area (TPSA) is 51.2 Å². The number of nitrogens with zero attached hydrogens (tertiary/aromatic N) is 4. The molecule has 0 fully saturated rings. The number of aliphatic imine (C=N–C) groups is 1. The Morgan fingerprint density at radius 2 is 2.00 bits per heavy atom. The molecule has 0 radical (unpaired) electrons. The maximum absolute atomic E-state index is 13.3. The summed E-state index contributed by atoms with van der Waals surface area (Å²) >= 11 is 11.9. The lowest BCUT2D eigenvalue weighted by atomic mass is 10.0. The number of hydrogen-bond acceptors (Lipinski definition) is 4. The molecule has 1 atom stereocenters. The average Bonchev–Trinajstić information content (AvgIpc) is 2.90. The van der Waals surface area contributed by atoms with Gasteiger partial charge < -0.3 is 20.0 Å². The molecule has 0 aliphatic carbocycles. The highest BCUT2D eigenvalue weighted by atomic mass is 35.5. The minimum Gasteiger partial charge on any atom is -0.376 e. The zero-order valence-electron chi connectivity index (χ0n) is 18.6.